The molecule has 23 heavy (non-hydrogen) atoms. The third-order valence-electron chi connectivity index (χ3n) is 3.11. The molecule has 1 heterocycles. The van der Waals surface area contributed by atoms with Gasteiger partial charge in [-0.2, -0.15) is 0 Å². The summed E-state index contributed by atoms with van der Waals surface area (Å²) < 4.78 is 11.0. The monoisotopic (exact) mass is 332 g/mol. The zero-order valence-electron chi connectivity index (χ0n) is 11.5. The zero-order chi connectivity index (χ0) is 16.6. The number of non-ortho nitro benzene ring substituents is 1. The summed E-state index contributed by atoms with van der Waals surface area (Å²) in [6.07, 6.45) is 0. The van der Waals surface area contributed by atoms with Crippen LogP contribution in [0.15, 0.2) is 46.9 Å². The fourth-order valence-electron chi connectivity index (χ4n) is 2.05. The van der Waals surface area contributed by atoms with Gasteiger partial charge in [-0.25, -0.2) is 0 Å². The van der Waals surface area contributed by atoms with Crippen LogP contribution in [-0.2, 0) is 0 Å². The molecule has 0 saturated carbocycles. The molecule has 1 aromatic heterocycles. The van der Waals surface area contributed by atoms with Crippen molar-refractivity contribution < 1.29 is 18.9 Å². The summed E-state index contributed by atoms with van der Waals surface area (Å²) in [6.45, 7) is 0. The Kier molecular flexibility index (Phi) is 3.63. The first-order chi connectivity index (χ1) is 11.0. The maximum atomic E-state index is 11.2. The van der Waals surface area contributed by atoms with Crippen molar-refractivity contribution in [2.24, 2.45) is 5.73 Å². The molecule has 0 atom stereocenters. The van der Waals surface area contributed by atoms with E-state index in [-0.39, 0.29) is 22.2 Å². The Morgan fingerprint density at radius 2 is 2.00 bits per heavy atom. The lowest BCUT2D eigenvalue weighted by atomic mass is 10.2. The van der Waals surface area contributed by atoms with Gasteiger partial charge in [0.1, 0.15) is 17.1 Å². The Labute approximate surface area is 134 Å². The number of amides is 1. The molecule has 0 aliphatic rings. The minimum Gasteiger partial charge on any atom is -0.455 e. The van der Waals surface area contributed by atoms with E-state index in [9.17, 15) is 14.9 Å². The number of nitrogens with two attached hydrogens (primary N) is 1. The van der Waals surface area contributed by atoms with E-state index in [1.54, 1.807) is 18.2 Å². The molecule has 0 aliphatic heterocycles. The third-order valence-corrected chi connectivity index (χ3v) is 3.41. The smallest absolute Gasteiger partial charge is 0.284 e. The Morgan fingerprint density at radius 3 is 2.65 bits per heavy atom. The first-order valence-corrected chi connectivity index (χ1v) is 6.77. The molecule has 1 amide bonds. The number of carbonyl (C=O) groups excluding carboxylic acids is 1. The number of nitrogens with zero attached hydrogens (tertiary/aromatic N) is 1. The largest absolute Gasteiger partial charge is 0.455 e. The molecule has 3 rings (SSSR count). The van der Waals surface area contributed by atoms with Gasteiger partial charge in [0.15, 0.2) is 5.76 Å². The predicted molar refractivity (Wildman–Crippen MR) is 82.9 cm³/mol. The first-order valence-electron chi connectivity index (χ1n) is 6.40. The highest BCUT2D eigenvalue weighted by Crippen LogP contribution is 2.36. The molecule has 0 bridgehead atoms. The van der Waals surface area contributed by atoms with Crippen LogP contribution in [0.3, 0.4) is 0 Å². The maximum absolute atomic E-state index is 11.2. The number of carbonyl (C=O) groups is 1. The number of furan rings is 1. The highest BCUT2D eigenvalue weighted by molar-refractivity contribution is 6.32. The number of hydrogen-bond acceptors (Lipinski definition) is 5. The summed E-state index contributed by atoms with van der Waals surface area (Å²) in [5.41, 5.74) is 5.48. The van der Waals surface area contributed by atoms with Crippen molar-refractivity contribution in [3.63, 3.8) is 0 Å². The fourth-order valence-corrected chi connectivity index (χ4v) is 2.26. The van der Waals surface area contributed by atoms with Crippen LogP contribution in [0.2, 0.25) is 5.02 Å². The van der Waals surface area contributed by atoms with Crippen molar-refractivity contribution in [3.8, 4) is 11.5 Å². The molecule has 8 heteroatoms. The predicted octanol–water partition coefficient (Wildman–Crippen LogP) is 3.89. The quantitative estimate of drug-likeness (QED) is 0.576. The first kappa shape index (κ1) is 14.9. The molecule has 0 aliphatic carbocycles. The number of primary amides is 1. The standard InChI is InChI=1S/C15H9ClN2O5/c16-10-6-8(18(20)21)4-5-13(10)22-11-2-1-3-12-9(11)7-14(23-12)15(17)19/h1-7H,(H2,17,19). The molecular formula is C15H9ClN2O5. The van der Waals surface area contributed by atoms with Crippen molar-refractivity contribution in [3.05, 3.63) is 63.4 Å². The van der Waals surface area contributed by atoms with Crippen LogP contribution >= 0.6 is 11.6 Å². The van der Waals surface area contributed by atoms with Crippen LogP contribution < -0.4 is 10.5 Å². The molecule has 0 spiro atoms. The van der Waals surface area contributed by atoms with Crippen LogP contribution in [0.1, 0.15) is 10.6 Å². The average molecular weight is 333 g/mol. The summed E-state index contributed by atoms with van der Waals surface area (Å²) in [7, 11) is 0. The molecule has 0 unspecified atom stereocenters. The van der Waals surface area contributed by atoms with E-state index in [0.29, 0.717) is 16.7 Å². The minimum atomic E-state index is -0.694. The van der Waals surface area contributed by atoms with Crippen molar-refractivity contribution >= 4 is 34.2 Å². The lowest BCUT2D eigenvalue weighted by molar-refractivity contribution is -0.384. The van der Waals surface area contributed by atoms with E-state index >= 15 is 0 Å². The second-order valence-electron chi connectivity index (χ2n) is 4.62. The average Bonchev–Trinajstić information content (AvgIpc) is 2.94. The second-order valence-corrected chi connectivity index (χ2v) is 5.02. The van der Waals surface area contributed by atoms with E-state index in [2.05, 4.69) is 0 Å². The summed E-state index contributed by atoms with van der Waals surface area (Å²) in [5.74, 6) is -0.0625. The van der Waals surface area contributed by atoms with Crippen LogP contribution in [0.4, 0.5) is 5.69 Å². The van der Waals surface area contributed by atoms with Gasteiger partial charge in [0.2, 0.25) is 0 Å². The summed E-state index contributed by atoms with van der Waals surface area (Å²) in [6, 6.07) is 10.3. The van der Waals surface area contributed by atoms with Gasteiger partial charge in [0.25, 0.3) is 11.6 Å². The maximum Gasteiger partial charge on any atom is 0.284 e. The lowest BCUT2D eigenvalue weighted by Crippen LogP contribution is -2.08. The van der Waals surface area contributed by atoms with Gasteiger partial charge in [-0.3, -0.25) is 14.9 Å². The van der Waals surface area contributed by atoms with Crippen LogP contribution in [-0.4, -0.2) is 10.8 Å². The normalized spacial score (nSPS) is 10.7. The topological polar surface area (TPSA) is 109 Å². The summed E-state index contributed by atoms with van der Waals surface area (Å²) in [4.78, 5) is 21.4. The van der Waals surface area contributed by atoms with Gasteiger partial charge in [0, 0.05) is 18.2 Å². The zero-order valence-corrected chi connectivity index (χ0v) is 12.2. The number of nitro groups is 1. The second kappa shape index (κ2) is 5.62. The van der Waals surface area contributed by atoms with Crippen molar-refractivity contribution in [2.45, 2.75) is 0 Å². The Hall–Kier alpha value is -3.06. The van der Waals surface area contributed by atoms with Gasteiger partial charge in [0.05, 0.1) is 15.3 Å². The van der Waals surface area contributed by atoms with Crippen LogP contribution in [0.5, 0.6) is 11.5 Å². The number of halogens is 1. The number of hydrogen-bond donors (Lipinski definition) is 1. The lowest BCUT2D eigenvalue weighted by Gasteiger charge is -2.08. The van der Waals surface area contributed by atoms with E-state index in [1.165, 1.54) is 24.3 Å². The molecule has 2 N–H and O–H groups in total. The van der Waals surface area contributed by atoms with Gasteiger partial charge in [-0.1, -0.05) is 17.7 Å². The molecule has 116 valence electrons. The number of rotatable bonds is 4. The highest BCUT2D eigenvalue weighted by Gasteiger charge is 2.15. The van der Waals surface area contributed by atoms with Crippen molar-refractivity contribution in [1.29, 1.82) is 0 Å². The minimum absolute atomic E-state index is 0.00541. The summed E-state index contributed by atoms with van der Waals surface area (Å²) in [5, 5.41) is 11.3. The molecule has 0 saturated heterocycles. The van der Waals surface area contributed by atoms with Gasteiger partial charge >= 0.3 is 0 Å². The molecule has 0 fully saturated rings. The fraction of sp³-hybridized carbons (Fsp3) is 0. The highest BCUT2D eigenvalue weighted by atomic mass is 35.5. The number of nitro benzene ring substituents is 1. The van der Waals surface area contributed by atoms with Crippen LogP contribution in [0.25, 0.3) is 11.0 Å². The van der Waals surface area contributed by atoms with Crippen LogP contribution in [0, 0.1) is 10.1 Å². The SMILES string of the molecule is NC(=O)c1cc2c(Oc3ccc([N+](=O)[O-])cc3Cl)cccc2o1. The molecular weight excluding hydrogens is 324 g/mol. The number of ether oxygens (including phenoxy) is 1. The Bertz CT molecular complexity index is 935. The van der Waals surface area contributed by atoms with E-state index in [1.807, 2.05) is 0 Å². The molecule has 2 aromatic carbocycles. The summed E-state index contributed by atoms with van der Waals surface area (Å²) >= 11 is 6.00. The van der Waals surface area contributed by atoms with Crippen molar-refractivity contribution in [1.82, 2.24) is 0 Å². The molecule has 7 nitrogen and oxygen atoms in total. The van der Waals surface area contributed by atoms with Gasteiger partial charge < -0.3 is 14.9 Å². The molecule has 0 radical (unpaired) electrons. The van der Waals surface area contributed by atoms with E-state index in [0.717, 1.165) is 0 Å². The van der Waals surface area contributed by atoms with E-state index in [4.69, 9.17) is 26.5 Å². The molecule has 3 aromatic rings. The third kappa shape index (κ3) is 2.82. The number of fused-ring (bicyclic) bond motifs is 1. The van der Waals surface area contributed by atoms with Crippen molar-refractivity contribution in [2.75, 3.05) is 0 Å². The Balaban J connectivity index is 2.01. The van der Waals surface area contributed by atoms with Gasteiger partial charge in [-0.05, 0) is 18.2 Å². The Morgan fingerprint density at radius 1 is 1.22 bits per heavy atom. The van der Waals surface area contributed by atoms with Gasteiger partial charge in [-0.15, -0.1) is 0 Å². The number of benzene rings is 2. The van der Waals surface area contributed by atoms with E-state index < -0.39 is 10.8 Å².